The number of ether oxygens (including phenoxy) is 2. The Hall–Kier alpha value is -2.64. The summed E-state index contributed by atoms with van der Waals surface area (Å²) in [5.74, 6) is 1.19. The van der Waals surface area contributed by atoms with E-state index in [2.05, 4.69) is 10.6 Å². The lowest BCUT2D eigenvalue weighted by molar-refractivity contribution is -0.117. The van der Waals surface area contributed by atoms with Crippen LogP contribution in [0.4, 0.5) is 16.2 Å². The quantitative estimate of drug-likeness (QED) is 0.791. The second kappa shape index (κ2) is 7.77. The maximum absolute atomic E-state index is 12.4. The molecule has 2 aromatic rings. The highest BCUT2D eigenvalue weighted by molar-refractivity contribution is 6.35. The molecule has 0 saturated carbocycles. The molecule has 1 fully saturated rings. The third-order valence-corrected chi connectivity index (χ3v) is 5.04. The first-order valence-corrected chi connectivity index (χ1v) is 9.48. The van der Waals surface area contributed by atoms with Crippen LogP contribution in [0.25, 0.3) is 0 Å². The highest BCUT2D eigenvalue weighted by Gasteiger charge is 2.32. The first-order chi connectivity index (χ1) is 13.5. The van der Waals surface area contributed by atoms with Gasteiger partial charge in [0.05, 0.1) is 16.8 Å². The first kappa shape index (κ1) is 18.7. The monoisotopic (exact) mass is 421 g/mol. The van der Waals surface area contributed by atoms with E-state index in [1.165, 1.54) is 0 Å². The van der Waals surface area contributed by atoms with E-state index in [-0.39, 0.29) is 18.4 Å². The summed E-state index contributed by atoms with van der Waals surface area (Å²) < 4.78 is 11.1. The second-order valence-electron chi connectivity index (χ2n) is 6.46. The minimum Gasteiger partial charge on any atom is -0.486 e. The van der Waals surface area contributed by atoms with Crippen molar-refractivity contribution in [3.63, 3.8) is 0 Å². The number of carbonyl (C=O) groups excluding carboxylic acids is 2. The number of rotatable bonds is 3. The Labute approximate surface area is 171 Å². The molecular weight excluding hydrogens is 405 g/mol. The van der Waals surface area contributed by atoms with Crippen LogP contribution in [0.5, 0.6) is 11.5 Å². The average Bonchev–Trinajstić information content (AvgIpc) is 3.04. The Morgan fingerprint density at radius 1 is 1.07 bits per heavy atom. The molecule has 0 aromatic heterocycles. The average molecular weight is 422 g/mol. The van der Waals surface area contributed by atoms with Crippen LogP contribution in [0.1, 0.15) is 6.42 Å². The Balaban J connectivity index is 1.40. The SMILES string of the molecule is O=C(Nc1cc(Cl)ccc1Cl)NC1CC(=O)N(c2ccc3c(c2)OCCO3)C1. The third kappa shape index (κ3) is 3.95. The summed E-state index contributed by atoms with van der Waals surface area (Å²) in [5, 5.41) is 6.29. The topological polar surface area (TPSA) is 79.9 Å². The molecule has 2 aliphatic rings. The number of halogens is 2. The van der Waals surface area contributed by atoms with Crippen LogP contribution in [-0.4, -0.2) is 37.7 Å². The third-order valence-electron chi connectivity index (χ3n) is 4.47. The van der Waals surface area contributed by atoms with E-state index in [1.54, 1.807) is 41.3 Å². The molecule has 28 heavy (non-hydrogen) atoms. The predicted octanol–water partition coefficient (Wildman–Crippen LogP) is 3.69. The van der Waals surface area contributed by atoms with Gasteiger partial charge in [-0.1, -0.05) is 23.2 Å². The predicted molar refractivity (Wildman–Crippen MR) is 107 cm³/mol. The molecule has 0 radical (unpaired) electrons. The lowest BCUT2D eigenvalue weighted by Gasteiger charge is -2.22. The van der Waals surface area contributed by atoms with Gasteiger partial charge in [-0.05, 0) is 30.3 Å². The van der Waals surface area contributed by atoms with E-state index in [0.717, 1.165) is 0 Å². The minimum atomic E-state index is -0.453. The van der Waals surface area contributed by atoms with Gasteiger partial charge in [0.1, 0.15) is 13.2 Å². The molecule has 2 aromatic carbocycles. The molecular formula is C19H17Cl2N3O4. The van der Waals surface area contributed by atoms with Gasteiger partial charge in [-0.15, -0.1) is 0 Å². The number of anilines is 2. The van der Waals surface area contributed by atoms with E-state index in [1.807, 2.05) is 0 Å². The van der Waals surface area contributed by atoms with Crippen LogP contribution in [-0.2, 0) is 4.79 Å². The smallest absolute Gasteiger partial charge is 0.319 e. The van der Waals surface area contributed by atoms with Crippen molar-refractivity contribution in [1.29, 1.82) is 0 Å². The molecule has 0 spiro atoms. The number of fused-ring (bicyclic) bond motifs is 1. The minimum absolute atomic E-state index is 0.0808. The lowest BCUT2D eigenvalue weighted by atomic mass is 10.2. The molecule has 1 atom stereocenters. The van der Waals surface area contributed by atoms with Gasteiger partial charge in [-0.3, -0.25) is 4.79 Å². The van der Waals surface area contributed by atoms with Gasteiger partial charge in [-0.2, -0.15) is 0 Å². The van der Waals surface area contributed by atoms with E-state index in [9.17, 15) is 9.59 Å². The summed E-state index contributed by atoms with van der Waals surface area (Å²) >= 11 is 12.0. The molecule has 146 valence electrons. The number of urea groups is 1. The first-order valence-electron chi connectivity index (χ1n) is 8.72. The van der Waals surface area contributed by atoms with E-state index >= 15 is 0 Å². The van der Waals surface area contributed by atoms with Crippen LogP contribution in [0.3, 0.4) is 0 Å². The maximum Gasteiger partial charge on any atom is 0.319 e. The molecule has 1 unspecified atom stereocenters. The van der Waals surface area contributed by atoms with Crippen molar-refractivity contribution in [2.45, 2.75) is 12.5 Å². The van der Waals surface area contributed by atoms with Crippen molar-refractivity contribution in [3.05, 3.63) is 46.4 Å². The highest BCUT2D eigenvalue weighted by Crippen LogP contribution is 2.35. The molecule has 0 aliphatic carbocycles. The van der Waals surface area contributed by atoms with Crippen LogP contribution in [0, 0.1) is 0 Å². The van der Waals surface area contributed by atoms with Gasteiger partial charge in [0.2, 0.25) is 5.91 Å². The van der Waals surface area contributed by atoms with E-state index in [0.29, 0.717) is 52.7 Å². The summed E-state index contributed by atoms with van der Waals surface area (Å²) in [6.45, 7) is 1.34. The summed E-state index contributed by atoms with van der Waals surface area (Å²) in [7, 11) is 0. The van der Waals surface area contributed by atoms with Crippen molar-refractivity contribution in [2.75, 3.05) is 30.0 Å². The second-order valence-corrected chi connectivity index (χ2v) is 7.30. The van der Waals surface area contributed by atoms with Gasteiger partial charge in [-0.25, -0.2) is 4.79 Å². The number of hydrogen-bond acceptors (Lipinski definition) is 4. The summed E-state index contributed by atoms with van der Waals surface area (Å²) in [6.07, 6.45) is 0.200. The molecule has 9 heteroatoms. The van der Waals surface area contributed by atoms with Gasteiger partial charge >= 0.3 is 6.03 Å². The normalized spacial score (nSPS) is 18.1. The van der Waals surface area contributed by atoms with Crippen LogP contribution >= 0.6 is 23.2 Å². The number of nitrogens with one attached hydrogen (secondary N) is 2. The Morgan fingerprint density at radius 3 is 2.68 bits per heavy atom. The van der Waals surface area contributed by atoms with Gasteiger partial charge in [0, 0.05) is 29.7 Å². The highest BCUT2D eigenvalue weighted by atomic mass is 35.5. The van der Waals surface area contributed by atoms with Crippen LogP contribution < -0.4 is 25.0 Å². The van der Waals surface area contributed by atoms with Crippen LogP contribution in [0.15, 0.2) is 36.4 Å². The molecule has 2 N–H and O–H groups in total. The zero-order valence-corrected chi connectivity index (χ0v) is 16.2. The Kier molecular flexibility index (Phi) is 5.19. The number of benzene rings is 2. The molecule has 4 rings (SSSR count). The zero-order chi connectivity index (χ0) is 19.7. The maximum atomic E-state index is 12.4. The van der Waals surface area contributed by atoms with Crippen molar-refractivity contribution in [2.24, 2.45) is 0 Å². The Morgan fingerprint density at radius 2 is 1.86 bits per heavy atom. The van der Waals surface area contributed by atoms with Gasteiger partial charge < -0.3 is 25.0 Å². The summed E-state index contributed by atoms with van der Waals surface area (Å²) in [6, 6.07) is 9.37. The molecule has 2 aliphatic heterocycles. The largest absolute Gasteiger partial charge is 0.486 e. The van der Waals surface area contributed by atoms with Crippen molar-refractivity contribution < 1.29 is 19.1 Å². The zero-order valence-electron chi connectivity index (χ0n) is 14.7. The van der Waals surface area contributed by atoms with Crippen LogP contribution in [0.2, 0.25) is 10.0 Å². The fourth-order valence-corrected chi connectivity index (χ4v) is 3.53. The van der Waals surface area contributed by atoms with Gasteiger partial charge in [0.15, 0.2) is 11.5 Å². The molecule has 0 bridgehead atoms. The van der Waals surface area contributed by atoms with E-state index < -0.39 is 6.03 Å². The lowest BCUT2D eigenvalue weighted by Crippen LogP contribution is -2.39. The fraction of sp³-hybridized carbons (Fsp3) is 0.263. The molecule has 2 heterocycles. The fourth-order valence-electron chi connectivity index (χ4n) is 3.19. The van der Waals surface area contributed by atoms with Crippen molar-refractivity contribution in [3.8, 4) is 11.5 Å². The number of hydrogen-bond donors (Lipinski definition) is 2. The number of carbonyl (C=O) groups is 2. The number of nitrogens with zero attached hydrogens (tertiary/aromatic N) is 1. The summed E-state index contributed by atoms with van der Waals surface area (Å²) in [5.41, 5.74) is 1.11. The van der Waals surface area contributed by atoms with Crippen molar-refractivity contribution in [1.82, 2.24) is 5.32 Å². The van der Waals surface area contributed by atoms with Gasteiger partial charge in [0.25, 0.3) is 0 Å². The Bertz CT molecular complexity index is 937. The molecule has 7 nitrogen and oxygen atoms in total. The standard InChI is InChI=1S/C19H17Cl2N3O4/c20-11-1-3-14(21)15(7-11)23-19(26)22-12-8-18(25)24(10-12)13-2-4-16-17(9-13)28-6-5-27-16/h1-4,7,9,12H,5-6,8,10H2,(H2,22,23,26). The molecule has 1 saturated heterocycles. The van der Waals surface area contributed by atoms with E-state index in [4.69, 9.17) is 32.7 Å². The number of amides is 3. The molecule has 3 amide bonds. The van der Waals surface area contributed by atoms with Crippen molar-refractivity contribution >= 4 is 46.5 Å². The summed E-state index contributed by atoms with van der Waals surface area (Å²) in [4.78, 5) is 26.3.